The fraction of sp³-hybridized carbons (Fsp3) is 0.100. The summed E-state index contributed by atoms with van der Waals surface area (Å²) in [6.07, 6.45) is 1.61. The summed E-state index contributed by atoms with van der Waals surface area (Å²) in [4.78, 5) is 11.5. The SMILES string of the molecule is COC(=O)c1ccc(-c2ccc(/C=N\NCc3ccc(Cl)cc3)o2)cc1. The predicted octanol–water partition coefficient (Wildman–Crippen LogP) is 4.51. The molecule has 0 bridgehead atoms. The molecule has 1 heterocycles. The van der Waals surface area contributed by atoms with Crippen molar-refractivity contribution in [3.63, 3.8) is 0 Å². The quantitative estimate of drug-likeness (QED) is 0.395. The minimum atomic E-state index is -0.365. The average molecular weight is 369 g/mol. The van der Waals surface area contributed by atoms with Crippen LogP contribution in [0, 0.1) is 0 Å². The van der Waals surface area contributed by atoms with Crippen LogP contribution in [0.1, 0.15) is 21.7 Å². The average Bonchev–Trinajstić information content (AvgIpc) is 3.15. The number of ether oxygens (including phenoxy) is 1. The van der Waals surface area contributed by atoms with Crippen molar-refractivity contribution in [2.75, 3.05) is 7.11 Å². The summed E-state index contributed by atoms with van der Waals surface area (Å²) in [7, 11) is 1.36. The highest BCUT2D eigenvalue weighted by Crippen LogP contribution is 2.22. The van der Waals surface area contributed by atoms with E-state index in [9.17, 15) is 4.79 Å². The van der Waals surface area contributed by atoms with Crippen LogP contribution in [0.3, 0.4) is 0 Å². The number of benzene rings is 2. The van der Waals surface area contributed by atoms with Crippen LogP contribution >= 0.6 is 11.6 Å². The summed E-state index contributed by atoms with van der Waals surface area (Å²) in [6.45, 7) is 0.593. The van der Waals surface area contributed by atoms with E-state index in [0.717, 1.165) is 11.1 Å². The van der Waals surface area contributed by atoms with E-state index >= 15 is 0 Å². The molecule has 6 heteroatoms. The highest BCUT2D eigenvalue weighted by atomic mass is 35.5. The van der Waals surface area contributed by atoms with Gasteiger partial charge in [-0.1, -0.05) is 35.9 Å². The number of furan rings is 1. The van der Waals surface area contributed by atoms with Gasteiger partial charge in [0.2, 0.25) is 0 Å². The van der Waals surface area contributed by atoms with Gasteiger partial charge in [-0.3, -0.25) is 0 Å². The molecule has 5 nitrogen and oxygen atoms in total. The molecule has 132 valence electrons. The molecule has 1 N–H and O–H groups in total. The maximum atomic E-state index is 11.5. The van der Waals surface area contributed by atoms with E-state index in [1.54, 1.807) is 18.3 Å². The first-order valence-corrected chi connectivity index (χ1v) is 8.32. The Hall–Kier alpha value is -3.05. The van der Waals surface area contributed by atoms with Crippen LogP contribution in [0.2, 0.25) is 5.02 Å². The fourth-order valence-electron chi connectivity index (χ4n) is 2.31. The zero-order valence-electron chi connectivity index (χ0n) is 14.1. The Morgan fingerprint density at radius 3 is 2.54 bits per heavy atom. The van der Waals surface area contributed by atoms with Crippen LogP contribution in [0.25, 0.3) is 11.3 Å². The van der Waals surface area contributed by atoms with Crippen molar-refractivity contribution in [2.45, 2.75) is 6.54 Å². The smallest absolute Gasteiger partial charge is 0.337 e. The van der Waals surface area contributed by atoms with Gasteiger partial charge in [-0.15, -0.1) is 0 Å². The van der Waals surface area contributed by atoms with Crippen LogP contribution in [0.4, 0.5) is 0 Å². The van der Waals surface area contributed by atoms with Crippen LogP contribution < -0.4 is 5.43 Å². The van der Waals surface area contributed by atoms with Crippen molar-refractivity contribution in [1.29, 1.82) is 0 Å². The molecule has 26 heavy (non-hydrogen) atoms. The van der Waals surface area contributed by atoms with Crippen LogP contribution in [0.15, 0.2) is 70.2 Å². The lowest BCUT2D eigenvalue weighted by Gasteiger charge is -2.01. The Labute approximate surface area is 156 Å². The Bertz CT molecular complexity index is 900. The van der Waals surface area contributed by atoms with E-state index in [2.05, 4.69) is 15.3 Å². The first-order chi connectivity index (χ1) is 12.7. The molecule has 0 saturated heterocycles. The van der Waals surface area contributed by atoms with Gasteiger partial charge in [0.25, 0.3) is 0 Å². The fourth-order valence-corrected chi connectivity index (χ4v) is 2.44. The third-order valence-electron chi connectivity index (χ3n) is 3.70. The standard InChI is InChI=1S/C20H17ClN2O3/c1-25-20(24)16-6-4-15(5-7-16)19-11-10-18(26-19)13-23-22-12-14-2-8-17(21)9-3-14/h2-11,13,22H,12H2,1H3/b23-13-. The van der Waals surface area contributed by atoms with Gasteiger partial charge < -0.3 is 14.6 Å². The number of hydrazone groups is 1. The van der Waals surface area contributed by atoms with E-state index in [0.29, 0.717) is 28.7 Å². The van der Waals surface area contributed by atoms with E-state index < -0.39 is 0 Å². The summed E-state index contributed by atoms with van der Waals surface area (Å²) in [5, 5.41) is 4.86. The molecular formula is C20H17ClN2O3. The molecule has 0 aliphatic rings. The summed E-state index contributed by atoms with van der Waals surface area (Å²) in [5.74, 6) is 0.955. The molecule has 0 fully saturated rings. The molecule has 0 aliphatic heterocycles. The molecule has 0 aliphatic carbocycles. The van der Waals surface area contributed by atoms with Gasteiger partial charge in [0.1, 0.15) is 11.5 Å². The zero-order valence-corrected chi connectivity index (χ0v) is 14.9. The van der Waals surface area contributed by atoms with Gasteiger partial charge in [0.15, 0.2) is 0 Å². The van der Waals surface area contributed by atoms with Crippen LogP contribution in [-0.2, 0) is 11.3 Å². The van der Waals surface area contributed by atoms with Crippen molar-refractivity contribution in [1.82, 2.24) is 5.43 Å². The first kappa shape index (κ1) is 17.8. The molecule has 0 unspecified atom stereocenters. The molecule has 0 atom stereocenters. The number of methoxy groups -OCH3 is 1. The normalized spacial score (nSPS) is 10.8. The molecule has 3 rings (SSSR count). The highest BCUT2D eigenvalue weighted by molar-refractivity contribution is 6.30. The van der Waals surface area contributed by atoms with Crippen molar-refractivity contribution >= 4 is 23.8 Å². The van der Waals surface area contributed by atoms with Crippen LogP contribution in [0.5, 0.6) is 0 Å². The summed E-state index contributed by atoms with van der Waals surface area (Å²) in [6, 6.07) is 18.3. The molecular weight excluding hydrogens is 352 g/mol. The molecule has 2 aromatic carbocycles. The van der Waals surface area contributed by atoms with Gasteiger partial charge >= 0.3 is 5.97 Å². The number of carbonyl (C=O) groups is 1. The van der Waals surface area contributed by atoms with Gasteiger partial charge in [0.05, 0.1) is 25.4 Å². The minimum Gasteiger partial charge on any atom is -0.465 e. The Kier molecular flexibility index (Phi) is 5.71. The number of hydrogen-bond donors (Lipinski definition) is 1. The van der Waals surface area contributed by atoms with E-state index in [-0.39, 0.29) is 5.97 Å². The highest BCUT2D eigenvalue weighted by Gasteiger charge is 2.07. The zero-order chi connectivity index (χ0) is 18.4. The number of nitrogens with one attached hydrogen (secondary N) is 1. The second-order valence-corrected chi connectivity index (χ2v) is 5.93. The molecule has 0 amide bonds. The lowest BCUT2D eigenvalue weighted by molar-refractivity contribution is 0.0600. The first-order valence-electron chi connectivity index (χ1n) is 7.94. The summed E-state index contributed by atoms with van der Waals surface area (Å²) < 4.78 is 10.4. The Morgan fingerprint density at radius 1 is 1.12 bits per heavy atom. The third-order valence-corrected chi connectivity index (χ3v) is 3.95. The maximum Gasteiger partial charge on any atom is 0.337 e. The molecule has 0 radical (unpaired) electrons. The molecule has 0 spiro atoms. The second kappa shape index (κ2) is 8.36. The summed E-state index contributed by atoms with van der Waals surface area (Å²) >= 11 is 5.85. The van der Waals surface area contributed by atoms with E-state index in [4.69, 9.17) is 16.0 Å². The van der Waals surface area contributed by atoms with Crippen LogP contribution in [-0.4, -0.2) is 19.3 Å². The van der Waals surface area contributed by atoms with Gasteiger partial charge in [0, 0.05) is 10.6 Å². The van der Waals surface area contributed by atoms with Crippen molar-refractivity contribution < 1.29 is 13.9 Å². The lowest BCUT2D eigenvalue weighted by Crippen LogP contribution is -2.05. The minimum absolute atomic E-state index is 0.365. The summed E-state index contributed by atoms with van der Waals surface area (Å²) in [5.41, 5.74) is 5.40. The third kappa shape index (κ3) is 4.52. The molecule has 1 aromatic heterocycles. The Morgan fingerprint density at radius 2 is 1.85 bits per heavy atom. The number of nitrogens with zero attached hydrogens (tertiary/aromatic N) is 1. The van der Waals surface area contributed by atoms with Gasteiger partial charge in [-0.2, -0.15) is 5.10 Å². The monoisotopic (exact) mass is 368 g/mol. The van der Waals surface area contributed by atoms with Gasteiger partial charge in [-0.05, 0) is 42.0 Å². The maximum absolute atomic E-state index is 11.5. The number of hydrogen-bond acceptors (Lipinski definition) is 5. The van der Waals surface area contributed by atoms with Crippen molar-refractivity contribution in [3.8, 4) is 11.3 Å². The van der Waals surface area contributed by atoms with Gasteiger partial charge in [-0.25, -0.2) is 4.79 Å². The molecule has 3 aromatic rings. The lowest BCUT2D eigenvalue weighted by atomic mass is 10.1. The van der Waals surface area contributed by atoms with Crippen molar-refractivity contribution in [2.24, 2.45) is 5.10 Å². The number of halogens is 1. The van der Waals surface area contributed by atoms with E-state index in [1.165, 1.54) is 7.11 Å². The number of rotatable bonds is 6. The topological polar surface area (TPSA) is 63.8 Å². The second-order valence-electron chi connectivity index (χ2n) is 5.49. The molecule has 0 saturated carbocycles. The largest absolute Gasteiger partial charge is 0.465 e. The number of esters is 1. The number of carbonyl (C=O) groups excluding carboxylic acids is 1. The van der Waals surface area contributed by atoms with E-state index in [1.807, 2.05) is 48.5 Å². The predicted molar refractivity (Wildman–Crippen MR) is 101 cm³/mol. The van der Waals surface area contributed by atoms with Crippen molar-refractivity contribution in [3.05, 3.63) is 82.6 Å². The Balaban J connectivity index is 1.58.